The number of aryl methyl sites for hydroxylation is 1. The lowest BCUT2D eigenvalue weighted by molar-refractivity contribution is 0.618. The van der Waals surface area contributed by atoms with E-state index in [1.165, 1.54) is 6.07 Å². The van der Waals surface area contributed by atoms with Crippen LogP contribution in [0.4, 0.5) is 4.39 Å². The normalized spacial score (nSPS) is 11.2. The molecule has 0 amide bonds. The van der Waals surface area contributed by atoms with Gasteiger partial charge in [0.05, 0.1) is 15.7 Å². The molecule has 0 aliphatic heterocycles. The van der Waals surface area contributed by atoms with Gasteiger partial charge < -0.3 is 0 Å². The van der Waals surface area contributed by atoms with Gasteiger partial charge in [-0.05, 0) is 46.5 Å². The topological polar surface area (TPSA) is 54.9 Å². The van der Waals surface area contributed by atoms with E-state index in [-0.39, 0.29) is 21.2 Å². The highest BCUT2D eigenvalue weighted by molar-refractivity contribution is 9.10. The van der Waals surface area contributed by atoms with Crippen LogP contribution in [0.3, 0.4) is 0 Å². The van der Waals surface area contributed by atoms with E-state index in [0.717, 1.165) is 10.6 Å². The Hall–Kier alpha value is -1.40. The fraction of sp³-hybridized carbons (Fsp3) is 0.286. The van der Waals surface area contributed by atoms with E-state index in [1.807, 2.05) is 0 Å². The van der Waals surface area contributed by atoms with Crippen LogP contribution in [0.25, 0.3) is 5.69 Å². The zero-order chi connectivity index (χ0) is 15.9. The highest BCUT2D eigenvalue weighted by Gasteiger charge is 2.18. The molecule has 0 atom stereocenters. The Labute approximate surface area is 133 Å². The number of nitrogens with one attached hydrogen (secondary N) is 1. The Bertz CT molecular complexity index is 827. The Kier molecular flexibility index (Phi) is 4.39. The van der Waals surface area contributed by atoms with Crippen molar-refractivity contribution < 1.29 is 4.39 Å². The smallest absolute Gasteiger partial charge is 0.297 e. The Morgan fingerprint density at radius 2 is 1.95 bits per heavy atom. The monoisotopic (exact) mass is 374 g/mol. The summed E-state index contributed by atoms with van der Waals surface area (Å²) in [5.41, 5.74) is -0.157. The minimum atomic E-state index is -0.695. The first-order valence-corrected chi connectivity index (χ1v) is 7.42. The molecule has 112 valence electrons. The first-order chi connectivity index (χ1) is 9.73. The SMILES string of the molecule is Cc1cc(Br)c(F)cc1-n1c(=O)[nH]c(Cl)c(C(C)C)c1=O. The molecule has 7 heteroatoms. The van der Waals surface area contributed by atoms with E-state index in [2.05, 4.69) is 20.9 Å². The Balaban J connectivity index is 2.89. The van der Waals surface area contributed by atoms with Crippen molar-refractivity contribution in [3.05, 3.63) is 59.5 Å². The van der Waals surface area contributed by atoms with Gasteiger partial charge in [-0.15, -0.1) is 0 Å². The van der Waals surface area contributed by atoms with Gasteiger partial charge in [-0.25, -0.2) is 13.8 Å². The Morgan fingerprint density at radius 1 is 1.33 bits per heavy atom. The third kappa shape index (κ3) is 2.82. The van der Waals surface area contributed by atoms with Gasteiger partial charge in [0, 0.05) is 0 Å². The summed E-state index contributed by atoms with van der Waals surface area (Å²) >= 11 is 9.00. The van der Waals surface area contributed by atoms with Crippen LogP contribution >= 0.6 is 27.5 Å². The number of aromatic amines is 1. The number of nitrogens with zero attached hydrogens (tertiary/aromatic N) is 1. The van der Waals surface area contributed by atoms with Crippen LogP contribution in [0.15, 0.2) is 26.2 Å². The zero-order valence-corrected chi connectivity index (χ0v) is 14.0. The van der Waals surface area contributed by atoms with Crippen molar-refractivity contribution in [1.82, 2.24) is 9.55 Å². The van der Waals surface area contributed by atoms with E-state index >= 15 is 0 Å². The zero-order valence-electron chi connectivity index (χ0n) is 11.6. The van der Waals surface area contributed by atoms with Crippen LogP contribution < -0.4 is 11.2 Å². The first-order valence-electron chi connectivity index (χ1n) is 6.24. The molecule has 0 saturated heterocycles. The third-order valence-corrected chi connectivity index (χ3v) is 4.05. The third-order valence-electron chi connectivity index (χ3n) is 3.15. The fourth-order valence-electron chi connectivity index (χ4n) is 2.12. The van der Waals surface area contributed by atoms with Crippen LogP contribution in [-0.4, -0.2) is 9.55 Å². The minimum absolute atomic E-state index is 0.0199. The molecular formula is C14H13BrClFN2O2. The average molecular weight is 376 g/mol. The largest absolute Gasteiger partial charge is 0.334 e. The second kappa shape index (κ2) is 5.77. The predicted molar refractivity (Wildman–Crippen MR) is 84.2 cm³/mol. The standard InChI is InChI=1S/C14H13BrClFN2O2/c1-6(2)11-12(16)18-14(21)19(13(11)20)10-5-9(17)8(15)4-7(10)3/h4-6H,1-3H3,(H,18,21). The molecule has 0 spiro atoms. The van der Waals surface area contributed by atoms with Crippen molar-refractivity contribution in [3.8, 4) is 5.69 Å². The molecule has 4 nitrogen and oxygen atoms in total. The minimum Gasteiger partial charge on any atom is -0.297 e. The quantitative estimate of drug-likeness (QED) is 0.817. The molecule has 1 aromatic carbocycles. The summed E-state index contributed by atoms with van der Waals surface area (Å²) in [5.74, 6) is -0.725. The molecular weight excluding hydrogens is 363 g/mol. The van der Waals surface area contributed by atoms with Crippen LogP contribution in [0.1, 0.15) is 30.9 Å². The number of rotatable bonds is 2. The van der Waals surface area contributed by atoms with Gasteiger partial charge in [-0.1, -0.05) is 25.4 Å². The Morgan fingerprint density at radius 3 is 2.52 bits per heavy atom. The molecule has 2 aromatic rings. The fourth-order valence-corrected chi connectivity index (χ4v) is 2.96. The number of aromatic nitrogens is 2. The molecule has 0 radical (unpaired) electrons. The van der Waals surface area contributed by atoms with Crippen LogP contribution in [0, 0.1) is 12.7 Å². The van der Waals surface area contributed by atoms with E-state index in [1.54, 1.807) is 20.8 Å². The summed E-state index contributed by atoms with van der Waals surface area (Å²) in [6.07, 6.45) is 0. The van der Waals surface area contributed by atoms with E-state index in [0.29, 0.717) is 11.1 Å². The van der Waals surface area contributed by atoms with Crippen molar-refractivity contribution >= 4 is 27.5 Å². The molecule has 0 aliphatic rings. The highest BCUT2D eigenvalue weighted by atomic mass is 79.9. The molecule has 0 bridgehead atoms. The number of hydrogen-bond donors (Lipinski definition) is 1. The van der Waals surface area contributed by atoms with Gasteiger partial charge in [-0.3, -0.25) is 9.78 Å². The van der Waals surface area contributed by atoms with Crippen LogP contribution in [0.5, 0.6) is 0 Å². The molecule has 0 unspecified atom stereocenters. The number of hydrogen-bond acceptors (Lipinski definition) is 2. The molecule has 0 fully saturated rings. The predicted octanol–water partition coefficient (Wildman–Crippen LogP) is 3.51. The lowest BCUT2D eigenvalue weighted by Gasteiger charge is -2.13. The molecule has 0 saturated carbocycles. The molecule has 1 aromatic heterocycles. The maximum Gasteiger partial charge on any atom is 0.334 e. The van der Waals surface area contributed by atoms with E-state index in [9.17, 15) is 14.0 Å². The van der Waals surface area contributed by atoms with Gasteiger partial charge in [-0.2, -0.15) is 0 Å². The van der Waals surface area contributed by atoms with Crippen molar-refractivity contribution in [3.63, 3.8) is 0 Å². The van der Waals surface area contributed by atoms with Crippen molar-refractivity contribution in [1.29, 1.82) is 0 Å². The summed E-state index contributed by atoms with van der Waals surface area (Å²) in [7, 11) is 0. The summed E-state index contributed by atoms with van der Waals surface area (Å²) in [5, 5.41) is 0.0199. The van der Waals surface area contributed by atoms with Crippen molar-refractivity contribution in [2.45, 2.75) is 26.7 Å². The van der Waals surface area contributed by atoms with E-state index in [4.69, 9.17) is 11.6 Å². The summed E-state index contributed by atoms with van der Waals surface area (Å²) in [6.45, 7) is 5.27. The molecule has 0 aliphatic carbocycles. The summed E-state index contributed by atoms with van der Waals surface area (Å²) in [6, 6.07) is 2.66. The molecule has 2 rings (SSSR count). The summed E-state index contributed by atoms with van der Waals surface area (Å²) < 4.78 is 14.9. The number of halogens is 3. The van der Waals surface area contributed by atoms with Gasteiger partial charge in [0.15, 0.2) is 0 Å². The molecule has 1 N–H and O–H groups in total. The number of benzene rings is 1. The lowest BCUT2D eigenvalue weighted by Crippen LogP contribution is -2.37. The molecule has 1 heterocycles. The number of H-pyrrole nitrogens is 1. The summed E-state index contributed by atoms with van der Waals surface area (Å²) in [4.78, 5) is 27.0. The second-order valence-corrected chi connectivity index (χ2v) is 6.24. The molecule has 21 heavy (non-hydrogen) atoms. The average Bonchev–Trinajstić information content (AvgIpc) is 2.34. The van der Waals surface area contributed by atoms with Crippen molar-refractivity contribution in [2.75, 3.05) is 0 Å². The van der Waals surface area contributed by atoms with Gasteiger partial charge >= 0.3 is 5.69 Å². The van der Waals surface area contributed by atoms with Crippen LogP contribution in [0.2, 0.25) is 5.15 Å². The van der Waals surface area contributed by atoms with E-state index < -0.39 is 17.1 Å². The lowest BCUT2D eigenvalue weighted by atomic mass is 10.1. The second-order valence-electron chi connectivity index (χ2n) is 5.01. The highest BCUT2D eigenvalue weighted by Crippen LogP contribution is 2.23. The maximum atomic E-state index is 13.7. The van der Waals surface area contributed by atoms with Gasteiger partial charge in [0.25, 0.3) is 5.56 Å². The first kappa shape index (κ1) is 16.0. The van der Waals surface area contributed by atoms with Gasteiger partial charge in [0.2, 0.25) is 0 Å². The maximum absolute atomic E-state index is 13.7. The van der Waals surface area contributed by atoms with Gasteiger partial charge in [0.1, 0.15) is 11.0 Å². The van der Waals surface area contributed by atoms with Crippen LogP contribution in [-0.2, 0) is 0 Å². The van der Waals surface area contributed by atoms with Crippen molar-refractivity contribution in [2.24, 2.45) is 0 Å².